The van der Waals surface area contributed by atoms with Crippen molar-refractivity contribution in [2.75, 3.05) is 0 Å². The maximum absolute atomic E-state index is 10.9. The van der Waals surface area contributed by atoms with Crippen molar-refractivity contribution in [3.05, 3.63) is 59.6 Å². The van der Waals surface area contributed by atoms with E-state index in [-0.39, 0.29) is 0 Å². The van der Waals surface area contributed by atoms with Gasteiger partial charge >= 0.3 is 0 Å². The monoisotopic (exact) mass is 213 g/mol. The Bertz CT molecular complexity index is 441. The van der Waals surface area contributed by atoms with Gasteiger partial charge in [0.2, 0.25) is 0 Å². The zero-order valence-corrected chi connectivity index (χ0v) is 9.39. The zero-order chi connectivity index (χ0) is 11.4. The molecule has 0 fully saturated rings. The van der Waals surface area contributed by atoms with Crippen LogP contribution in [-0.4, -0.2) is 0 Å². The summed E-state index contributed by atoms with van der Waals surface area (Å²) in [6, 6.07) is 14.0. The fourth-order valence-corrected chi connectivity index (χ4v) is 1.58. The summed E-state index contributed by atoms with van der Waals surface area (Å²) < 4.78 is 0.920. The first-order chi connectivity index (χ1) is 7.81. The largest absolute Gasteiger partial charge is 0.619 e. The summed E-state index contributed by atoms with van der Waals surface area (Å²) in [5.41, 5.74) is 3.70. The molecule has 16 heavy (non-hydrogen) atoms. The molecule has 3 rings (SSSR count). The molecule has 0 aliphatic heterocycles. The van der Waals surface area contributed by atoms with Crippen LogP contribution in [0.25, 0.3) is 11.1 Å². The number of aryl methyl sites for hydroxylation is 1. The highest BCUT2D eigenvalue weighted by Gasteiger charge is 2.04. The van der Waals surface area contributed by atoms with E-state index in [0.717, 1.165) is 23.3 Å². The minimum Gasteiger partial charge on any atom is -0.619 e. The van der Waals surface area contributed by atoms with Crippen LogP contribution in [0.1, 0.15) is 19.0 Å². The molecule has 2 nitrogen and oxygen atoms in total. The molecule has 2 heteroatoms. The third-order valence-electron chi connectivity index (χ3n) is 2.63. The average molecular weight is 213 g/mol. The summed E-state index contributed by atoms with van der Waals surface area (Å²) in [6.45, 7) is 2.06. The third kappa shape index (κ3) is 2.22. The second kappa shape index (κ2) is 4.79. The summed E-state index contributed by atoms with van der Waals surface area (Å²) in [4.78, 5) is 0. The van der Waals surface area contributed by atoms with Crippen molar-refractivity contribution in [1.82, 2.24) is 0 Å². The van der Waals surface area contributed by atoms with Gasteiger partial charge in [-0.3, -0.25) is 0 Å². The van der Waals surface area contributed by atoms with E-state index in [1.165, 1.54) is 17.3 Å². The van der Waals surface area contributed by atoms with Crippen LogP contribution in [0.15, 0.2) is 48.7 Å². The molecule has 0 atom stereocenters. The molecule has 0 unspecified atom stereocenters. The summed E-state index contributed by atoms with van der Waals surface area (Å²) in [7, 11) is 0. The van der Waals surface area contributed by atoms with E-state index in [1.807, 2.05) is 12.1 Å². The van der Waals surface area contributed by atoms with E-state index < -0.39 is 0 Å². The highest BCUT2D eigenvalue weighted by molar-refractivity contribution is 5.75. The lowest BCUT2D eigenvalue weighted by Crippen LogP contribution is -2.30. The Kier molecular flexibility index (Phi) is 3.20. The molecule has 0 amide bonds. The molecule has 1 aromatic rings. The molecule has 1 heterocycles. The van der Waals surface area contributed by atoms with Crippen LogP contribution in [0, 0.1) is 5.21 Å². The van der Waals surface area contributed by atoms with Crippen LogP contribution in [0.3, 0.4) is 0 Å². The van der Waals surface area contributed by atoms with Crippen molar-refractivity contribution in [2.45, 2.75) is 19.8 Å². The summed E-state index contributed by atoms with van der Waals surface area (Å²) in [5.74, 6) is 0. The molecule has 0 radical (unpaired) electrons. The lowest BCUT2D eigenvalue weighted by atomic mass is 9.95. The summed E-state index contributed by atoms with van der Waals surface area (Å²) in [5, 5.41) is 10.9. The lowest BCUT2D eigenvalue weighted by molar-refractivity contribution is -0.614. The van der Waals surface area contributed by atoms with Crippen LogP contribution in [0.2, 0.25) is 0 Å². The normalized spacial score (nSPS) is 10.3. The van der Waals surface area contributed by atoms with Crippen LogP contribution in [0.4, 0.5) is 0 Å². The van der Waals surface area contributed by atoms with Crippen molar-refractivity contribution in [1.29, 1.82) is 0 Å². The lowest BCUT2D eigenvalue weighted by Gasteiger charge is -2.10. The molecular weight excluding hydrogens is 198 g/mol. The van der Waals surface area contributed by atoms with Gasteiger partial charge in [-0.1, -0.05) is 37.3 Å². The standard InChI is InChI=1S/C8H11NO.C6H4/c1-2-5-8-6-3-4-7-9(8)10;1-2-6-4-3-5(1)6/h3-4,6-7H,2,5H2,1H3;1-4H. The second-order valence-corrected chi connectivity index (χ2v) is 3.85. The molecule has 2 aliphatic rings. The van der Waals surface area contributed by atoms with Crippen molar-refractivity contribution < 1.29 is 4.73 Å². The Balaban J connectivity index is 0.000000134. The van der Waals surface area contributed by atoms with Crippen LogP contribution in [-0.2, 0) is 6.42 Å². The molecule has 2 aliphatic carbocycles. The number of nitrogens with zero attached hydrogens (tertiary/aromatic N) is 1. The smallest absolute Gasteiger partial charge is 0.192 e. The van der Waals surface area contributed by atoms with Crippen molar-refractivity contribution in [3.8, 4) is 11.1 Å². The molecular formula is C14H15NO. The summed E-state index contributed by atoms with van der Waals surface area (Å²) in [6.07, 6.45) is 3.42. The molecule has 0 N–H and O–H groups in total. The Morgan fingerprint density at radius 2 is 1.62 bits per heavy atom. The molecule has 0 bridgehead atoms. The molecule has 0 spiro atoms. The van der Waals surface area contributed by atoms with Gasteiger partial charge in [-0.15, -0.1) is 0 Å². The van der Waals surface area contributed by atoms with Gasteiger partial charge in [0.15, 0.2) is 11.9 Å². The van der Waals surface area contributed by atoms with Crippen molar-refractivity contribution in [3.63, 3.8) is 0 Å². The van der Waals surface area contributed by atoms with E-state index in [1.54, 1.807) is 6.07 Å². The molecule has 1 aromatic heterocycles. The van der Waals surface area contributed by atoms with Gasteiger partial charge in [-0.25, -0.2) is 0 Å². The van der Waals surface area contributed by atoms with E-state index in [9.17, 15) is 5.21 Å². The van der Waals surface area contributed by atoms with E-state index >= 15 is 0 Å². The zero-order valence-electron chi connectivity index (χ0n) is 9.39. The highest BCUT2D eigenvalue weighted by Crippen LogP contribution is 2.29. The van der Waals surface area contributed by atoms with E-state index in [4.69, 9.17) is 0 Å². The van der Waals surface area contributed by atoms with E-state index in [2.05, 4.69) is 31.2 Å². The van der Waals surface area contributed by atoms with Crippen LogP contribution < -0.4 is 4.73 Å². The second-order valence-electron chi connectivity index (χ2n) is 3.85. The van der Waals surface area contributed by atoms with E-state index in [0.29, 0.717) is 0 Å². The average Bonchev–Trinajstić information content (AvgIpc) is 2.28. The van der Waals surface area contributed by atoms with Gasteiger partial charge in [0.1, 0.15) is 0 Å². The van der Waals surface area contributed by atoms with Crippen LogP contribution in [0.5, 0.6) is 0 Å². The van der Waals surface area contributed by atoms with Crippen molar-refractivity contribution in [2.24, 2.45) is 0 Å². The van der Waals surface area contributed by atoms with Gasteiger partial charge in [0.05, 0.1) is 0 Å². The first-order valence-electron chi connectivity index (χ1n) is 5.59. The maximum Gasteiger partial charge on any atom is 0.192 e. The topological polar surface area (TPSA) is 26.9 Å². The number of pyridine rings is 1. The maximum atomic E-state index is 10.9. The van der Waals surface area contributed by atoms with Gasteiger partial charge in [0, 0.05) is 18.6 Å². The number of hydrogen-bond acceptors (Lipinski definition) is 1. The number of rotatable bonds is 2. The van der Waals surface area contributed by atoms with Gasteiger partial charge in [-0.2, -0.15) is 4.73 Å². The molecule has 0 saturated heterocycles. The Morgan fingerprint density at radius 1 is 1.00 bits per heavy atom. The third-order valence-corrected chi connectivity index (χ3v) is 2.63. The quantitative estimate of drug-likeness (QED) is 0.475. The molecule has 0 saturated carbocycles. The predicted molar refractivity (Wildman–Crippen MR) is 64.8 cm³/mol. The molecule has 0 aromatic carbocycles. The van der Waals surface area contributed by atoms with Crippen LogP contribution >= 0.6 is 0 Å². The number of hydrogen-bond donors (Lipinski definition) is 0. The molecule has 82 valence electrons. The first-order valence-corrected chi connectivity index (χ1v) is 5.59. The van der Waals surface area contributed by atoms with Gasteiger partial charge < -0.3 is 5.21 Å². The number of benzene rings is 1. The number of fused-ring (bicyclic) bond motifs is 1. The number of aromatic nitrogens is 1. The predicted octanol–water partition coefficient (Wildman–Crippen LogP) is 2.94. The van der Waals surface area contributed by atoms with Crippen molar-refractivity contribution >= 4 is 0 Å². The first kappa shape index (κ1) is 10.7. The highest BCUT2D eigenvalue weighted by atomic mass is 16.5. The van der Waals surface area contributed by atoms with Gasteiger partial charge in [0.25, 0.3) is 0 Å². The minimum atomic E-state index is 0.852. The minimum absolute atomic E-state index is 0.852. The Morgan fingerprint density at radius 3 is 2.00 bits per heavy atom. The summed E-state index contributed by atoms with van der Waals surface area (Å²) >= 11 is 0. The fourth-order valence-electron chi connectivity index (χ4n) is 1.58. The van der Waals surface area contributed by atoms with Gasteiger partial charge in [-0.05, 0) is 17.5 Å². The fraction of sp³-hybridized carbons (Fsp3) is 0.214. The SMILES string of the molecule is CCCc1cccc[n+]1[O-].c1cc2ccc1-2. The Hall–Kier alpha value is -1.83. The Labute approximate surface area is 95.8 Å².